The lowest BCUT2D eigenvalue weighted by Crippen LogP contribution is -2.35. The maximum atomic E-state index is 6.03. The summed E-state index contributed by atoms with van der Waals surface area (Å²) in [5.41, 5.74) is 2.20. The van der Waals surface area contributed by atoms with Crippen LogP contribution < -0.4 is 10.1 Å². The van der Waals surface area contributed by atoms with Crippen LogP contribution in [0.4, 0.5) is 0 Å². The van der Waals surface area contributed by atoms with E-state index in [0.29, 0.717) is 16.7 Å². The van der Waals surface area contributed by atoms with Crippen molar-refractivity contribution in [2.45, 2.75) is 39.5 Å². The van der Waals surface area contributed by atoms with Gasteiger partial charge in [0.25, 0.3) is 0 Å². The van der Waals surface area contributed by atoms with E-state index < -0.39 is 0 Å². The van der Waals surface area contributed by atoms with Gasteiger partial charge in [0.05, 0.1) is 10.0 Å². The first kappa shape index (κ1) is 17.1. The Hall–Kier alpha value is -1.22. The molecule has 0 saturated heterocycles. The molecule has 0 bridgehead atoms. The number of nitrogens with one attached hydrogen (secondary N) is 1. The molecule has 0 spiro atoms. The standard InChI is InChI=1S/C18H21Cl2NO/c1-18(2,3)21-11-14-6-4-5-7-17(14)22-12-13-8-9-15(19)16(20)10-13/h4-10,21H,11-12H2,1-3H3. The normalized spacial score (nSPS) is 11.5. The molecule has 1 N–H and O–H groups in total. The molecule has 4 heteroatoms. The number of benzene rings is 2. The van der Waals surface area contributed by atoms with E-state index in [2.05, 4.69) is 32.2 Å². The summed E-state index contributed by atoms with van der Waals surface area (Å²) < 4.78 is 5.94. The van der Waals surface area contributed by atoms with E-state index in [1.54, 1.807) is 6.07 Å². The zero-order valence-corrected chi connectivity index (χ0v) is 14.6. The fourth-order valence-corrected chi connectivity index (χ4v) is 2.26. The van der Waals surface area contributed by atoms with Gasteiger partial charge in [0, 0.05) is 17.6 Å². The highest BCUT2D eigenvalue weighted by Gasteiger charge is 2.11. The first-order valence-corrected chi connectivity index (χ1v) is 8.00. The van der Waals surface area contributed by atoms with Crippen molar-refractivity contribution < 1.29 is 4.74 Å². The molecule has 0 atom stereocenters. The third-order valence-electron chi connectivity index (χ3n) is 3.16. The zero-order valence-electron chi connectivity index (χ0n) is 13.1. The molecule has 0 aromatic heterocycles. The van der Waals surface area contributed by atoms with Crippen molar-refractivity contribution in [3.8, 4) is 5.75 Å². The van der Waals surface area contributed by atoms with Gasteiger partial charge in [-0.25, -0.2) is 0 Å². The van der Waals surface area contributed by atoms with E-state index in [0.717, 1.165) is 23.4 Å². The van der Waals surface area contributed by atoms with Crippen LogP contribution in [0, 0.1) is 0 Å². The SMILES string of the molecule is CC(C)(C)NCc1ccccc1OCc1ccc(Cl)c(Cl)c1. The Labute approximate surface area is 142 Å². The van der Waals surface area contributed by atoms with Gasteiger partial charge < -0.3 is 10.1 Å². The first-order valence-electron chi connectivity index (χ1n) is 7.25. The molecule has 0 aliphatic heterocycles. The molecule has 0 heterocycles. The fraction of sp³-hybridized carbons (Fsp3) is 0.333. The molecular formula is C18H21Cl2NO. The lowest BCUT2D eigenvalue weighted by Gasteiger charge is -2.21. The second-order valence-electron chi connectivity index (χ2n) is 6.25. The Kier molecular flexibility index (Phi) is 5.74. The third-order valence-corrected chi connectivity index (χ3v) is 3.90. The predicted octanol–water partition coefficient (Wildman–Crippen LogP) is 5.46. The number of hydrogen-bond donors (Lipinski definition) is 1. The molecule has 0 fully saturated rings. The molecule has 2 aromatic rings. The highest BCUT2D eigenvalue weighted by atomic mass is 35.5. The number of rotatable bonds is 5. The maximum absolute atomic E-state index is 6.03. The van der Waals surface area contributed by atoms with Gasteiger partial charge in [-0.05, 0) is 44.5 Å². The molecule has 0 radical (unpaired) electrons. The zero-order chi connectivity index (χ0) is 16.2. The molecule has 0 amide bonds. The summed E-state index contributed by atoms with van der Waals surface area (Å²) in [6, 6.07) is 13.6. The third kappa shape index (κ3) is 5.20. The van der Waals surface area contributed by atoms with Crippen molar-refractivity contribution in [2.75, 3.05) is 0 Å². The topological polar surface area (TPSA) is 21.3 Å². The number of ether oxygens (including phenoxy) is 1. The Morgan fingerprint density at radius 1 is 1.00 bits per heavy atom. The molecule has 2 nitrogen and oxygen atoms in total. The molecule has 0 unspecified atom stereocenters. The summed E-state index contributed by atoms with van der Waals surface area (Å²) >= 11 is 12.0. The lowest BCUT2D eigenvalue weighted by atomic mass is 10.1. The van der Waals surface area contributed by atoms with Gasteiger partial charge in [-0.1, -0.05) is 47.5 Å². The van der Waals surface area contributed by atoms with Crippen LogP contribution >= 0.6 is 23.2 Å². The summed E-state index contributed by atoms with van der Waals surface area (Å²) in [4.78, 5) is 0. The smallest absolute Gasteiger partial charge is 0.124 e. The van der Waals surface area contributed by atoms with E-state index in [1.165, 1.54) is 0 Å². The highest BCUT2D eigenvalue weighted by molar-refractivity contribution is 6.42. The van der Waals surface area contributed by atoms with Gasteiger partial charge in [-0.15, -0.1) is 0 Å². The molecule has 2 rings (SSSR count). The van der Waals surface area contributed by atoms with E-state index in [1.807, 2.05) is 30.3 Å². The summed E-state index contributed by atoms with van der Waals surface area (Å²) in [5.74, 6) is 0.880. The average molecular weight is 338 g/mol. The van der Waals surface area contributed by atoms with Crippen molar-refractivity contribution >= 4 is 23.2 Å². The Morgan fingerprint density at radius 2 is 1.73 bits per heavy atom. The van der Waals surface area contributed by atoms with Crippen LogP contribution in [0.3, 0.4) is 0 Å². The molecule has 118 valence electrons. The summed E-state index contributed by atoms with van der Waals surface area (Å²) in [7, 11) is 0. The van der Waals surface area contributed by atoms with Crippen LogP contribution in [0.25, 0.3) is 0 Å². The number of halogens is 2. The van der Waals surface area contributed by atoms with Crippen LogP contribution in [0.2, 0.25) is 10.0 Å². The van der Waals surface area contributed by atoms with Crippen molar-refractivity contribution in [1.82, 2.24) is 5.32 Å². The van der Waals surface area contributed by atoms with Crippen LogP contribution in [0.5, 0.6) is 5.75 Å². The molecular weight excluding hydrogens is 317 g/mol. The molecule has 0 aliphatic rings. The average Bonchev–Trinajstić information content (AvgIpc) is 2.46. The second kappa shape index (κ2) is 7.36. The Balaban J connectivity index is 2.04. The molecule has 2 aromatic carbocycles. The minimum Gasteiger partial charge on any atom is -0.489 e. The van der Waals surface area contributed by atoms with Gasteiger partial charge in [0.15, 0.2) is 0 Å². The van der Waals surface area contributed by atoms with Gasteiger partial charge in [0.2, 0.25) is 0 Å². The van der Waals surface area contributed by atoms with Gasteiger partial charge in [0.1, 0.15) is 12.4 Å². The van der Waals surface area contributed by atoms with E-state index in [4.69, 9.17) is 27.9 Å². The summed E-state index contributed by atoms with van der Waals surface area (Å²) in [6.07, 6.45) is 0. The first-order chi connectivity index (χ1) is 10.3. The minimum atomic E-state index is 0.0663. The fourth-order valence-electron chi connectivity index (χ4n) is 1.94. The quantitative estimate of drug-likeness (QED) is 0.781. The summed E-state index contributed by atoms with van der Waals surface area (Å²) in [6.45, 7) is 7.66. The van der Waals surface area contributed by atoms with Crippen molar-refractivity contribution in [2.24, 2.45) is 0 Å². The second-order valence-corrected chi connectivity index (χ2v) is 7.06. The van der Waals surface area contributed by atoms with Crippen LogP contribution in [0.15, 0.2) is 42.5 Å². The Bertz CT molecular complexity index is 635. The highest BCUT2D eigenvalue weighted by Crippen LogP contribution is 2.24. The van der Waals surface area contributed by atoms with E-state index in [9.17, 15) is 0 Å². The molecule has 22 heavy (non-hydrogen) atoms. The summed E-state index contributed by atoms with van der Waals surface area (Å²) in [5, 5.41) is 4.58. The molecule has 0 aliphatic carbocycles. The van der Waals surface area contributed by atoms with Crippen LogP contribution in [0.1, 0.15) is 31.9 Å². The van der Waals surface area contributed by atoms with E-state index >= 15 is 0 Å². The van der Waals surface area contributed by atoms with Crippen molar-refractivity contribution in [3.05, 3.63) is 63.6 Å². The van der Waals surface area contributed by atoms with Gasteiger partial charge in [-0.3, -0.25) is 0 Å². The van der Waals surface area contributed by atoms with Crippen LogP contribution in [-0.2, 0) is 13.2 Å². The van der Waals surface area contributed by atoms with Crippen LogP contribution in [-0.4, -0.2) is 5.54 Å². The predicted molar refractivity (Wildman–Crippen MR) is 93.8 cm³/mol. The largest absolute Gasteiger partial charge is 0.489 e. The minimum absolute atomic E-state index is 0.0663. The van der Waals surface area contributed by atoms with Gasteiger partial charge >= 0.3 is 0 Å². The maximum Gasteiger partial charge on any atom is 0.124 e. The Morgan fingerprint density at radius 3 is 2.41 bits per heavy atom. The van der Waals surface area contributed by atoms with E-state index in [-0.39, 0.29) is 5.54 Å². The monoisotopic (exact) mass is 337 g/mol. The van der Waals surface area contributed by atoms with Gasteiger partial charge in [-0.2, -0.15) is 0 Å². The number of para-hydroxylation sites is 1. The number of hydrogen-bond acceptors (Lipinski definition) is 2. The van der Waals surface area contributed by atoms with Crippen molar-refractivity contribution in [1.29, 1.82) is 0 Å². The molecule has 0 saturated carbocycles. The lowest BCUT2D eigenvalue weighted by molar-refractivity contribution is 0.300. The van der Waals surface area contributed by atoms with Crippen molar-refractivity contribution in [3.63, 3.8) is 0 Å².